The number of rotatable bonds is 14. The number of halogens is 1. The molecule has 4 aromatic carbocycles. The number of hydrogen-bond acceptors (Lipinski definition) is 14. The number of thiocarbonyl (C=S) groups is 1. The number of aromatic nitrogens is 1. The highest BCUT2D eigenvalue weighted by Gasteiger charge is 2.27. The number of nitrogens with two attached hydrogens (primary N) is 2. The first-order chi connectivity index (χ1) is 36.0. The second kappa shape index (κ2) is 30.8. The second-order valence-electron chi connectivity index (χ2n) is 18.7. The number of amidine groups is 1. The van der Waals surface area contributed by atoms with Gasteiger partial charge in [0.15, 0.2) is 21.2 Å². The lowest BCUT2D eigenvalue weighted by molar-refractivity contribution is 0.102. The lowest BCUT2D eigenvalue weighted by Crippen LogP contribution is -2.46. The largest absolute Gasteiger partial charge is 0.497 e. The quantitative estimate of drug-likeness (QED) is 0.0207. The van der Waals surface area contributed by atoms with Gasteiger partial charge in [0.1, 0.15) is 22.2 Å². The average molecular weight is 1160 g/mol. The summed E-state index contributed by atoms with van der Waals surface area (Å²) in [6.07, 6.45) is 13.3. The second-order valence-corrected chi connectivity index (χ2v) is 22.0. The third kappa shape index (κ3) is 17.9. The van der Waals surface area contributed by atoms with E-state index in [0.717, 1.165) is 55.4 Å². The number of ketones is 2. The van der Waals surface area contributed by atoms with Gasteiger partial charge in [-0.1, -0.05) is 83.1 Å². The van der Waals surface area contributed by atoms with Crippen LogP contribution in [0, 0.1) is 0 Å². The van der Waals surface area contributed by atoms with Gasteiger partial charge in [-0.05, 0) is 168 Å². The Kier molecular flexibility index (Phi) is 24.4. The van der Waals surface area contributed by atoms with E-state index in [4.69, 9.17) is 33.2 Å². The van der Waals surface area contributed by atoms with E-state index in [9.17, 15) is 9.59 Å². The van der Waals surface area contributed by atoms with E-state index in [1.165, 1.54) is 125 Å². The number of nitrogens with zero attached hydrogens (tertiary/aromatic N) is 6. The minimum absolute atomic E-state index is 0. The van der Waals surface area contributed by atoms with Crippen LogP contribution < -0.4 is 41.4 Å². The fourth-order valence-corrected chi connectivity index (χ4v) is 11.8. The van der Waals surface area contributed by atoms with Crippen LogP contribution in [0.5, 0.6) is 11.5 Å². The molecule has 4 aliphatic rings. The van der Waals surface area contributed by atoms with Crippen molar-refractivity contribution >= 4 is 117 Å². The summed E-state index contributed by atoms with van der Waals surface area (Å²) in [5.41, 5.74) is 17.5. The SMILES string of the molecule is CCSC(N)=NC(=S)Nc1ccc(N2CCC(N3CCCCC3)CC2)cc1.COc1cccc(C(=O)CBr)c1.COc1cccc(C(=O)c2sc(Nc3ccc(N4CCC(N5CCCCC5)CC4)cc3)nc2N)c1.P. The fourth-order valence-electron chi connectivity index (χ4n) is 9.93. The third-order valence-electron chi connectivity index (χ3n) is 13.9. The summed E-state index contributed by atoms with van der Waals surface area (Å²) in [5, 5.41) is 8.29. The van der Waals surface area contributed by atoms with Crippen LogP contribution in [0.4, 0.5) is 33.7 Å². The van der Waals surface area contributed by atoms with Crippen LogP contribution in [0.3, 0.4) is 0 Å². The van der Waals surface area contributed by atoms with Crippen molar-refractivity contribution in [2.24, 2.45) is 10.7 Å². The number of nitrogen functional groups attached to an aromatic ring is 1. The lowest BCUT2D eigenvalue weighted by Gasteiger charge is -2.41. The average Bonchev–Trinajstić information content (AvgIpc) is 3.82. The number of likely N-dealkylation sites (tertiary alicyclic amines) is 2. The molecule has 6 N–H and O–H groups in total. The zero-order chi connectivity index (χ0) is 52.2. The minimum atomic E-state index is -0.157. The van der Waals surface area contributed by atoms with Gasteiger partial charge < -0.3 is 51.2 Å². The molecule has 14 nitrogen and oxygen atoms in total. The Morgan fingerprint density at radius 3 is 1.69 bits per heavy atom. The van der Waals surface area contributed by atoms with Gasteiger partial charge in [-0.3, -0.25) is 9.59 Å². The topological polar surface area (TPSA) is 167 Å². The van der Waals surface area contributed by atoms with E-state index in [0.29, 0.717) is 48.2 Å². The maximum absolute atomic E-state index is 12.9. The Balaban J connectivity index is 0.000000202. The fraction of sp³-hybridized carbons (Fsp3) is 0.446. The Bertz CT molecular complexity index is 2600. The Hall–Kier alpha value is -4.81. The molecule has 1 unspecified atom stereocenters. The maximum Gasteiger partial charge on any atom is 0.206 e. The van der Waals surface area contributed by atoms with E-state index >= 15 is 0 Å². The molecule has 404 valence electrons. The van der Waals surface area contributed by atoms with Gasteiger partial charge in [0.05, 0.1) is 19.5 Å². The molecule has 4 fully saturated rings. The summed E-state index contributed by atoms with van der Waals surface area (Å²) in [6, 6.07) is 32.6. The summed E-state index contributed by atoms with van der Waals surface area (Å²) in [5.74, 6) is 2.37. The molecular formula is C56H76BrN10O4PS3. The zero-order valence-corrected chi connectivity index (χ0v) is 49.3. The molecule has 75 heavy (non-hydrogen) atoms. The monoisotopic (exact) mass is 1160 g/mol. The van der Waals surface area contributed by atoms with Crippen molar-refractivity contribution in [3.63, 3.8) is 0 Å². The number of hydrogen-bond donors (Lipinski definition) is 4. The van der Waals surface area contributed by atoms with E-state index in [1.54, 1.807) is 56.7 Å². The number of methoxy groups -OCH3 is 2. The van der Waals surface area contributed by atoms with Gasteiger partial charge >= 0.3 is 0 Å². The molecule has 0 amide bonds. The minimum Gasteiger partial charge on any atom is -0.497 e. The Labute approximate surface area is 469 Å². The number of thioether (sulfide) groups is 1. The molecule has 1 aromatic heterocycles. The highest BCUT2D eigenvalue weighted by atomic mass is 79.9. The van der Waals surface area contributed by atoms with Gasteiger partial charge in [-0.2, -0.15) is 14.9 Å². The number of aliphatic imine (C=N–C) groups is 1. The number of benzene rings is 4. The lowest BCUT2D eigenvalue weighted by atomic mass is 9.99. The van der Waals surface area contributed by atoms with Gasteiger partial charge in [0.2, 0.25) is 5.78 Å². The zero-order valence-electron chi connectivity index (χ0n) is 43.8. The van der Waals surface area contributed by atoms with Crippen LogP contribution in [0.1, 0.15) is 96.7 Å². The van der Waals surface area contributed by atoms with Crippen molar-refractivity contribution in [1.29, 1.82) is 0 Å². The number of carbonyl (C=O) groups is 2. The van der Waals surface area contributed by atoms with Gasteiger partial charge in [0, 0.05) is 72.1 Å². The molecular weight excluding hydrogens is 1080 g/mol. The maximum atomic E-state index is 12.9. The first-order valence-corrected chi connectivity index (χ1v) is 29.3. The molecule has 5 heterocycles. The summed E-state index contributed by atoms with van der Waals surface area (Å²) in [6.45, 7) is 11.7. The molecule has 0 aliphatic carbocycles. The van der Waals surface area contributed by atoms with E-state index in [2.05, 4.69) is 105 Å². The summed E-state index contributed by atoms with van der Waals surface area (Å²) >= 11 is 11.1. The van der Waals surface area contributed by atoms with Crippen molar-refractivity contribution in [1.82, 2.24) is 14.8 Å². The summed E-state index contributed by atoms with van der Waals surface area (Å²) in [4.78, 5) is 43.5. The van der Waals surface area contributed by atoms with E-state index < -0.39 is 0 Å². The molecule has 0 saturated carbocycles. The summed E-state index contributed by atoms with van der Waals surface area (Å²) in [7, 11) is 3.16. The van der Waals surface area contributed by atoms with Gasteiger partial charge in [-0.25, -0.2) is 4.98 Å². The molecule has 0 spiro atoms. The predicted octanol–water partition coefficient (Wildman–Crippen LogP) is 11.4. The highest BCUT2D eigenvalue weighted by Crippen LogP contribution is 2.32. The molecule has 0 bridgehead atoms. The molecule has 9 rings (SSSR count). The first-order valence-electron chi connectivity index (χ1n) is 25.9. The Morgan fingerprint density at radius 2 is 1.21 bits per heavy atom. The van der Waals surface area contributed by atoms with Crippen molar-refractivity contribution in [3.8, 4) is 11.5 Å². The number of thiazole rings is 1. The van der Waals surface area contributed by atoms with Crippen molar-refractivity contribution in [3.05, 3.63) is 113 Å². The number of anilines is 6. The van der Waals surface area contributed by atoms with Crippen molar-refractivity contribution in [2.75, 3.05) is 104 Å². The number of Topliss-reactive ketones (excluding diaryl/α,β-unsaturated/α-hetero) is 1. The molecule has 4 aliphatic heterocycles. The first kappa shape index (κ1) is 59.4. The normalized spacial score (nSPS) is 16.8. The number of carbonyl (C=O) groups excluding carboxylic acids is 2. The number of piperidine rings is 4. The smallest absolute Gasteiger partial charge is 0.206 e. The standard InChI is InChI=1S/C27H33N5O2S.C20H31N5S2.C9H9BrO2.H3P/c1-34-23-7-5-6-19(18-23)24(33)25-26(28)30-27(35-25)29-20-8-10-21(11-9-20)32-16-12-22(13-17-32)31-14-3-2-4-15-31;1-2-27-19(21)23-20(26)22-16-6-8-17(9-7-16)25-14-10-18(11-15-25)24-12-4-3-5-13-24;1-12-8-4-2-3-7(5-8)9(11)6-10;/h5-11,18,22H,2-4,12-17,28H2,1H3,(H,29,30);6-9,18H,2-5,10-15H2,1H3,(H3,21,22,23,26);2-5H,6H2,1H3;1H3. The number of alkyl halides is 1. The molecule has 5 aromatic rings. The molecule has 4 saturated heterocycles. The van der Waals surface area contributed by atoms with Gasteiger partial charge in [0.25, 0.3) is 0 Å². The van der Waals surface area contributed by atoms with E-state index in [-0.39, 0.29) is 27.3 Å². The number of ether oxygens (including phenoxy) is 2. The van der Waals surface area contributed by atoms with Crippen LogP contribution in [0.2, 0.25) is 0 Å². The van der Waals surface area contributed by atoms with Crippen molar-refractivity contribution < 1.29 is 19.1 Å². The molecule has 1 atom stereocenters. The van der Waals surface area contributed by atoms with Crippen LogP contribution in [0.25, 0.3) is 0 Å². The Morgan fingerprint density at radius 1 is 0.733 bits per heavy atom. The molecule has 0 radical (unpaired) electrons. The predicted molar refractivity (Wildman–Crippen MR) is 329 cm³/mol. The van der Waals surface area contributed by atoms with Gasteiger partial charge in [-0.15, -0.1) is 0 Å². The van der Waals surface area contributed by atoms with Crippen molar-refractivity contribution in [2.45, 2.75) is 83.2 Å². The number of nitrogens with one attached hydrogen (secondary N) is 2. The van der Waals surface area contributed by atoms with Crippen LogP contribution in [-0.4, -0.2) is 126 Å². The van der Waals surface area contributed by atoms with Crippen LogP contribution in [0.15, 0.2) is 102 Å². The van der Waals surface area contributed by atoms with E-state index in [1.807, 2.05) is 13.0 Å². The van der Waals surface area contributed by atoms with Crippen LogP contribution in [-0.2, 0) is 0 Å². The molecule has 19 heteroatoms. The third-order valence-corrected chi connectivity index (χ3v) is 16.3. The van der Waals surface area contributed by atoms with Crippen LogP contribution >= 0.6 is 61.1 Å². The highest BCUT2D eigenvalue weighted by molar-refractivity contribution is 9.09. The summed E-state index contributed by atoms with van der Waals surface area (Å²) < 4.78 is 10.2.